The van der Waals surface area contributed by atoms with E-state index in [0.717, 1.165) is 37.1 Å². The number of rotatable bonds is 1. The molecule has 1 N–H and O–H groups in total. The molecule has 0 saturated carbocycles. The zero-order chi connectivity index (χ0) is 9.26. The molecule has 1 aliphatic rings. The normalized spacial score (nSPS) is 15.5. The van der Waals surface area contributed by atoms with Crippen molar-refractivity contribution in [2.24, 2.45) is 0 Å². The zero-order valence-corrected chi connectivity index (χ0v) is 7.49. The van der Waals surface area contributed by atoms with Gasteiger partial charge in [-0.2, -0.15) is 0 Å². The van der Waals surface area contributed by atoms with Gasteiger partial charge in [0.2, 0.25) is 0 Å². The van der Waals surface area contributed by atoms with E-state index in [-0.39, 0.29) is 12.2 Å². The van der Waals surface area contributed by atoms with E-state index < -0.39 is 0 Å². The molecule has 1 aromatic heterocycles. The number of aliphatic hydroxyl groups is 1. The van der Waals surface area contributed by atoms with Gasteiger partial charge in [-0.25, -0.2) is 0 Å². The Morgan fingerprint density at radius 3 is 3.00 bits per heavy atom. The summed E-state index contributed by atoms with van der Waals surface area (Å²) in [6.07, 6.45) is 3.12. The second kappa shape index (κ2) is 3.34. The van der Waals surface area contributed by atoms with Gasteiger partial charge in [0.25, 0.3) is 5.56 Å². The highest BCUT2D eigenvalue weighted by Gasteiger charge is 2.12. The molecule has 3 heteroatoms. The maximum absolute atomic E-state index is 11.4. The second-order valence-electron chi connectivity index (χ2n) is 3.41. The molecular weight excluding hydrogens is 166 g/mol. The molecule has 70 valence electrons. The highest BCUT2D eigenvalue weighted by molar-refractivity contribution is 5.21. The number of aliphatic hydroxyl groups excluding tert-OH is 1. The molecule has 1 aliphatic heterocycles. The van der Waals surface area contributed by atoms with Crippen LogP contribution in [-0.2, 0) is 19.6 Å². The summed E-state index contributed by atoms with van der Waals surface area (Å²) < 4.78 is 1.79. The molecular formula is C10H13NO2. The molecule has 0 unspecified atom stereocenters. The molecule has 13 heavy (non-hydrogen) atoms. The maximum Gasteiger partial charge on any atom is 0.250 e. The molecule has 0 amide bonds. The Bertz CT molecular complexity index is 368. The SMILES string of the molecule is O=c1ccc(CO)c2n1CCCC2. The lowest BCUT2D eigenvalue weighted by atomic mass is 10.0. The van der Waals surface area contributed by atoms with Crippen LogP contribution in [0.2, 0.25) is 0 Å². The molecule has 0 atom stereocenters. The van der Waals surface area contributed by atoms with Crippen LogP contribution < -0.4 is 5.56 Å². The Morgan fingerprint density at radius 2 is 2.23 bits per heavy atom. The quantitative estimate of drug-likeness (QED) is 0.688. The molecule has 2 heterocycles. The lowest BCUT2D eigenvalue weighted by Crippen LogP contribution is -2.27. The third kappa shape index (κ3) is 1.40. The Kier molecular flexibility index (Phi) is 2.19. The van der Waals surface area contributed by atoms with Crippen molar-refractivity contribution >= 4 is 0 Å². The fourth-order valence-corrected chi connectivity index (χ4v) is 1.91. The van der Waals surface area contributed by atoms with Crippen molar-refractivity contribution in [1.82, 2.24) is 4.57 Å². The van der Waals surface area contributed by atoms with Crippen molar-refractivity contribution in [1.29, 1.82) is 0 Å². The van der Waals surface area contributed by atoms with Gasteiger partial charge in [-0.3, -0.25) is 4.79 Å². The predicted molar refractivity (Wildman–Crippen MR) is 49.6 cm³/mol. The topological polar surface area (TPSA) is 42.2 Å². The summed E-state index contributed by atoms with van der Waals surface area (Å²) in [7, 11) is 0. The highest BCUT2D eigenvalue weighted by atomic mass is 16.3. The third-order valence-electron chi connectivity index (χ3n) is 2.61. The van der Waals surface area contributed by atoms with Gasteiger partial charge in [0, 0.05) is 18.3 Å². The van der Waals surface area contributed by atoms with E-state index in [1.54, 1.807) is 16.7 Å². The average molecular weight is 179 g/mol. The number of fused-ring (bicyclic) bond motifs is 1. The molecule has 0 bridgehead atoms. The van der Waals surface area contributed by atoms with Crippen LogP contribution in [0.4, 0.5) is 0 Å². The molecule has 0 saturated heterocycles. The number of hydrogen-bond donors (Lipinski definition) is 1. The van der Waals surface area contributed by atoms with Crippen LogP contribution in [0.1, 0.15) is 24.1 Å². The fourth-order valence-electron chi connectivity index (χ4n) is 1.91. The molecule has 0 aromatic carbocycles. The molecule has 0 spiro atoms. The number of nitrogens with zero attached hydrogens (tertiary/aromatic N) is 1. The van der Waals surface area contributed by atoms with E-state index >= 15 is 0 Å². The molecule has 3 nitrogen and oxygen atoms in total. The highest BCUT2D eigenvalue weighted by Crippen LogP contribution is 2.15. The minimum atomic E-state index is 0.0373. The summed E-state index contributed by atoms with van der Waals surface area (Å²) in [6.45, 7) is 0.845. The Labute approximate surface area is 76.6 Å². The summed E-state index contributed by atoms with van der Waals surface area (Å²) in [6, 6.07) is 3.28. The Balaban J connectivity index is 2.59. The van der Waals surface area contributed by atoms with Crippen molar-refractivity contribution < 1.29 is 5.11 Å². The fraction of sp³-hybridized carbons (Fsp3) is 0.500. The smallest absolute Gasteiger partial charge is 0.250 e. The lowest BCUT2D eigenvalue weighted by molar-refractivity contribution is 0.277. The second-order valence-corrected chi connectivity index (χ2v) is 3.41. The number of pyridine rings is 1. The molecule has 1 aromatic rings. The number of hydrogen-bond acceptors (Lipinski definition) is 2. The van der Waals surface area contributed by atoms with Gasteiger partial charge >= 0.3 is 0 Å². The van der Waals surface area contributed by atoms with E-state index in [1.165, 1.54) is 0 Å². The molecule has 0 radical (unpaired) electrons. The summed E-state index contributed by atoms with van der Waals surface area (Å²) >= 11 is 0. The monoisotopic (exact) mass is 179 g/mol. The Morgan fingerprint density at radius 1 is 1.38 bits per heavy atom. The summed E-state index contributed by atoms with van der Waals surface area (Å²) in [5, 5.41) is 9.07. The first-order valence-electron chi connectivity index (χ1n) is 4.65. The van der Waals surface area contributed by atoms with Crippen molar-refractivity contribution in [3.8, 4) is 0 Å². The van der Waals surface area contributed by atoms with Gasteiger partial charge in [0.05, 0.1) is 6.61 Å². The van der Waals surface area contributed by atoms with E-state index in [1.807, 2.05) is 0 Å². The van der Waals surface area contributed by atoms with Gasteiger partial charge in [0.1, 0.15) is 0 Å². The van der Waals surface area contributed by atoms with E-state index in [4.69, 9.17) is 5.11 Å². The van der Waals surface area contributed by atoms with Crippen LogP contribution in [-0.4, -0.2) is 9.67 Å². The van der Waals surface area contributed by atoms with Crippen LogP contribution in [0.3, 0.4) is 0 Å². The van der Waals surface area contributed by atoms with Gasteiger partial charge in [-0.1, -0.05) is 0 Å². The van der Waals surface area contributed by atoms with Crippen LogP contribution >= 0.6 is 0 Å². The van der Waals surface area contributed by atoms with Gasteiger partial charge in [-0.05, 0) is 30.9 Å². The number of aromatic nitrogens is 1. The first kappa shape index (κ1) is 8.51. The third-order valence-corrected chi connectivity index (χ3v) is 2.61. The summed E-state index contributed by atoms with van der Waals surface area (Å²) in [5.41, 5.74) is 1.99. The van der Waals surface area contributed by atoms with Crippen molar-refractivity contribution in [3.05, 3.63) is 33.7 Å². The van der Waals surface area contributed by atoms with Gasteiger partial charge in [-0.15, -0.1) is 0 Å². The first-order chi connectivity index (χ1) is 6.33. The summed E-state index contributed by atoms with van der Waals surface area (Å²) in [4.78, 5) is 11.4. The standard InChI is InChI=1S/C10H13NO2/c12-7-8-4-5-10(13)11-6-2-1-3-9(8)11/h4-5,12H,1-3,6-7H2. The Hall–Kier alpha value is -1.09. The zero-order valence-electron chi connectivity index (χ0n) is 7.49. The molecule has 0 fully saturated rings. The summed E-state index contributed by atoms with van der Waals surface area (Å²) in [5.74, 6) is 0. The van der Waals surface area contributed by atoms with E-state index in [9.17, 15) is 4.79 Å². The minimum absolute atomic E-state index is 0.0373. The van der Waals surface area contributed by atoms with Crippen molar-refractivity contribution in [2.75, 3.05) is 0 Å². The van der Waals surface area contributed by atoms with E-state index in [2.05, 4.69) is 0 Å². The average Bonchev–Trinajstić information content (AvgIpc) is 2.19. The molecule has 2 rings (SSSR count). The largest absolute Gasteiger partial charge is 0.392 e. The lowest BCUT2D eigenvalue weighted by Gasteiger charge is -2.20. The van der Waals surface area contributed by atoms with E-state index in [0.29, 0.717) is 0 Å². The van der Waals surface area contributed by atoms with Crippen LogP contribution in [0.25, 0.3) is 0 Å². The van der Waals surface area contributed by atoms with Gasteiger partial charge in [0.15, 0.2) is 0 Å². The van der Waals surface area contributed by atoms with Crippen LogP contribution in [0.5, 0.6) is 0 Å². The molecule has 0 aliphatic carbocycles. The van der Waals surface area contributed by atoms with Crippen LogP contribution in [0, 0.1) is 0 Å². The minimum Gasteiger partial charge on any atom is -0.392 e. The van der Waals surface area contributed by atoms with Crippen molar-refractivity contribution in [3.63, 3.8) is 0 Å². The van der Waals surface area contributed by atoms with Crippen molar-refractivity contribution in [2.45, 2.75) is 32.4 Å². The first-order valence-corrected chi connectivity index (χ1v) is 4.65. The van der Waals surface area contributed by atoms with Gasteiger partial charge < -0.3 is 9.67 Å². The maximum atomic E-state index is 11.4. The predicted octanol–water partition coefficient (Wildman–Crippen LogP) is 0.677. The van der Waals surface area contributed by atoms with Crippen LogP contribution in [0.15, 0.2) is 16.9 Å².